The average molecular weight is 437 g/mol. The van der Waals surface area contributed by atoms with Gasteiger partial charge in [0.05, 0.1) is 18.9 Å². The molecule has 3 rings (SSSR count). The van der Waals surface area contributed by atoms with Gasteiger partial charge in [-0.3, -0.25) is 14.9 Å². The van der Waals surface area contributed by atoms with Crippen molar-refractivity contribution < 1.29 is 23.9 Å². The number of urea groups is 1. The van der Waals surface area contributed by atoms with Crippen molar-refractivity contribution in [2.45, 2.75) is 39.5 Å². The molecule has 0 spiro atoms. The molecule has 1 N–H and O–H groups in total. The third kappa shape index (κ3) is 5.55. The Kier molecular flexibility index (Phi) is 8.02. The zero-order valence-corrected chi connectivity index (χ0v) is 18.4. The Morgan fingerprint density at radius 3 is 2.41 bits per heavy atom. The molecule has 2 aromatic rings. The molecule has 0 aromatic heterocycles. The maximum absolute atomic E-state index is 13.0. The van der Waals surface area contributed by atoms with Crippen molar-refractivity contribution in [3.05, 3.63) is 59.7 Å². The molecule has 1 aliphatic rings. The van der Waals surface area contributed by atoms with Gasteiger partial charge < -0.3 is 9.47 Å². The lowest BCUT2D eigenvalue weighted by Gasteiger charge is -2.26. The molecular formula is C25H28N2O5. The Hall–Kier alpha value is -3.61. The molecule has 7 nitrogen and oxygen atoms in total. The molecule has 0 unspecified atom stereocenters. The van der Waals surface area contributed by atoms with Crippen molar-refractivity contribution in [2.24, 2.45) is 0 Å². The van der Waals surface area contributed by atoms with Gasteiger partial charge in [-0.2, -0.15) is 0 Å². The van der Waals surface area contributed by atoms with Crippen LogP contribution in [0.1, 0.15) is 45.1 Å². The summed E-state index contributed by atoms with van der Waals surface area (Å²) in [5.74, 6) is -0.261. The lowest BCUT2D eigenvalue weighted by molar-refractivity contribution is -0.122. The molecule has 1 fully saturated rings. The van der Waals surface area contributed by atoms with Crippen LogP contribution < -0.4 is 19.7 Å². The Morgan fingerprint density at radius 2 is 1.69 bits per heavy atom. The Labute approximate surface area is 188 Å². The lowest BCUT2D eigenvalue weighted by atomic mass is 10.1. The number of hydrogen-bond acceptors (Lipinski definition) is 5. The van der Waals surface area contributed by atoms with Crippen LogP contribution in [-0.4, -0.2) is 31.1 Å². The van der Waals surface area contributed by atoms with Gasteiger partial charge in [-0.1, -0.05) is 50.5 Å². The van der Waals surface area contributed by atoms with Gasteiger partial charge in [0.25, 0.3) is 11.8 Å². The molecular weight excluding hydrogens is 408 g/mol. The summed E-state index contributed by atoms with van der Waals surface area (Å²) in [6.07, 6.45) is 5.86. The van der Waals surface area contributed by atoms with E-state index < -0.39 is 17.8 Å². The summed E-state index contributed by atoms with van der Waals surface area (Å²) in [6.45, 7) is 5.07. The fourth-order valence-electron chi connectivity index (χ4n) is 3.35. The fraction of sp³-hybridized carbons (Fsp3) is 0.320. The summed E-state index contributed by atoms with van der Waals surface area (Å²) in [4.78, 5) is 38.6. The van der Waals surface area contributed by atoms with E-state index >= 15 is 0 Å². The number of anilines is 1. The number of nitrogens with zero attached hydrogens (tertiary/aromatic N) is 1. The highest BCUT2D eigenvalue weighted by molar-refractivity contribution is 6.39. The van der Waals surface area contributed by atoms with E-state index in [2.05, 4.69) is 12.2 Å². The van der Waals surface area contributed by atoms with E-state index in [9.17, 15) is 14.4 Å². The molecule has 168 valence electrons. The first-order valence-corrected chi connectivity index (χ1v) is 10.9. The van der Waals surface area contributed by atoms with E-state index in [4.69, 9.17) is 9.47 Å². The number of hydrogen-bond donors (Lipinski definition) is 1. The first-order valence-electron chi connectivity index (χ1n) is 10.9. The number of imide groups is 2. The fourth-order valence-corrected chi connectivity index (χ4v) is 3.35. The van der Waals surface area contributed by atoms with Crippen molar-refractivity contribution >= 4 is 29.6 Å². The first-order chi connectivity index (χ1) is 15.5. The van der Waals surface area contributed by atoms with E-state index in [1.807, 2.05) is 6.92 Å². The van der Waals surface area contributed by atoms with Crippen LogP contribution in [0.2, 0.25) is 0 Å². The molecule has 0 atom stereocenters. The summed E-state index contributed by atoms with van der Waals surface area (Å²) in [5.41, 5.74) is 0.840. The summed E-state index contributed by atoms with van der Waals surface area (Å²) in [7, 11) is 0. The van der Waals surface area contributed by atoms with Crippen molar-refractivity contribution in [1.82, 2.24) is 5.32 Å². The van der Waals surface area contributed by atoms with Crippen molar-refractivity contribution in [3.8, 4) is 11.5 Å². The second kappa shape index (κ2) is 11.1. The topological polar surface area (TPSA) is 84.9 Å². The van der Waals surface area contributed by atoms with Crippen LogP contribution in [0.5, 0.6) is 11.5 Å². The number of ether oxygens (including phenoxy) is 2. The smallest absolute Gasteiger partial charge is 0.335 e. The molecule has 1 heterocycles. The summed E-state index contributed by atoms with van der Waals surface area (Å²) >= 11 is 0. The highest BCUT2D eigenvalue weighted by atomic mass is 16.5. The standard InChI is InChI=1S/C25H28N2O5/c1-3-5-6-10-15-32-21-14-13-18(17-22(21)31-4-2)16-20-23(28)26-25(30)27(24(20)29)19-11-8-7-9-12-19/h7-9,11-14,16-17H,3-6,10,15H2,1-2H3,(H,26,28,30)/b20-16-. The predicted octanol–water partition coefficient (Wildman–Crippen LogP) is 4.71. The predicted molar refractivity (Wildman–Crippen MR) is 123 cm³/mol. The number of amides is 4. The van der Waals surface area contributed by atoms with Gasteiger partial charge in [0.15, 0.2) is 11.5 Å². The summed E-state index contributed by atoms with van der Waals surface area (Å²) in [6, 6.07) is 12.9. The van der Waals surface area contributed by atoms with Gasteiger partial charge in [-0.25, -0.2) is 9.69 Å². The quantitative estimate of drug-likeness (QED) is 0.331. The third-order valence-electron chi connectivity index (χ3n) is 4.95. The minimum atomic E-state index is -0.773. The largest absolute Gasteiger partial charge is 0.490 e. The molecule has 0 radical (unpaired) electrons. The van der Waals surface area contributed by atoms with Crippen LogP contribution in [0.25, 0.3) is 6.08 Å². The second-order valence-corrected chi connectivity index (χ2v) is 7.34. The monoisotopic (exact) mass is 436 g/mol. The molecule has 32 heavy (non-hydrogen) atoms. The van der Waals surface area contributed by atoms with Gasteiger partial charge >= 0.3 is 6.03 Å². The zero-order valence-electron chi connectivity index (χ0n) is 18.4. The summed E-state index contributed by atoms with van der Waals surface area (Å²) < 4.78 is 11.6. The Morgan fingerprint density at radius 1 is 0.906 bits per heavy atom. The van der Waals surface area contributed by atoms with Crippen LogP contribution >= 0.6 is 0 Å². The number of unbranched alkanes of at least 4 members (excludes halogenated alkanes) is 3. The number of benzene rings is 2. The van der Waals surface area contributed by atoms with E-state index in [1.165, 1.54) is 12.5 Å². The van der Waals surface area contributed by atoms with Gasteiger partial charge in [0.1, 0.15) is 5.57 Å². The van der Waals surface area contributed by atoms with E-state index in [-0.39, 0.29) is 5.57 Å². The lowest BCUT2D eigenvalue weighted by Crippen LogP contribution is -2.54. The normalized spacial score (nSPS) is 15.1. The number of barbiturate groups is 1. The number of carbonyl (C=O) groups excluding carboxylic acids is 3. The zero-order chi connectivity index (χ0) is 22.9. The molecule has 7 heteroatoms. The molecule has 0 bridgehead atoms. The summed E-state index contributed by atoms with van der Waals surface area (Å²) in [5, 5.41) is 2.23. The molecule has 2 aromatic carbocycles. The number of rotatable bonds is 10. The highest BCUT2D eigenvalue weighted by Gasteiger charge is 2.36. The van der Waals surface area contributed by atoms with E-state index in [0.717, 1.165) is 24.2 Å². The SMILES string of the molecule is CCCCCCOc1ccc(/C=C2/C(=O)NC(=O)N(c3ccccc3)C2=O)cc1OCC. The molecule has 4 amide bonds. The van der Waals surface area contributed by atoms with Gasteiger partial charge in [-0.05, 0) is 49.2 Å². The molecule has 0 saturated carbocycles. The second-order valence-electron chi connectivity index (χ2n) is 7.34. The van der Waals surface area contributed by atoms with Crippen LogP contribution in [0.3, 0.4) is 0 Å². The Balaban J connectivity index is 1.83. The third-order valence-corrected chi connectivity index (χ3v) is 4.95. The number of para-hydroxylation sites is 1. The van der Waals surface area contributed by atoms with Crippen LogP contribution in [-0.2, 0) is 9.59 Å². The van der Waals surface area contributed by atoms with E-state index in [1.54, 1.807) is 48.5 Å². The van der Waals surface area contributed by atoms with E-state index in [0.29, 0.717) is 36.0 Å². The minimum Gasteiger partial charge on any atom is -0.490 e. The maximum Gasteiger partial charge on any atom is 0.335 e. The first kappa shape index (κ1) is 23.1. The molecule has 0 aliphatic carbocycles. The van der Waals surface area contributed by atoms with Gasteiger partial charge in [-0.15, -0.1) is 0 Å². The average Bonchev–Trinajstić information content (AvgIpc) is 2.78. The minimum absolute atomic E-state index is 0.135. The van der Waals surface area contributed by atoms with Crippen LogP contribution in [0.4, 0.5) is 10.5 Å². The number of nitrogens with one attached hydrogen (secondary N) is 1. The van der Waals surface area contributed by atoms with Crippen molar-refractivity contribution in [3.63, 3.8) is 0 Å². The molecule has 1 saturated heterocycles. The van der Waals surface area contributed by atoms with Gasteiger partial charge in [0, 0.05) is 0 Å². The highest BCUT2D eigenvalue weighted by Crippen LogP contribution is 2.30. The van der Waals surface area contributed by atoms with Crippen LogP contribution in [0.15, 0.2) is 54.1 Å². The van der Waals surface area contributed by atoms with Crippen molar-refractivity contribution in [1.29, 1.82) is 0 Å². The van der Waals surface area contributed by atoms with Crippen molar-refractivity contribution in [2.75, 3.05) is 18.1 Å². The maximum atomic E-state index is 13.0. The van der Waals surface area contributed by atoms with Gasteiger partial charge in [0.2, 0.25) is 0 Å². The number of carbonyl (C=O) groups is 3. The Bertz CT molecular complexity index is 1000. The van der Waals surface area contributed by atoms with Crippen LogP contribution in [0, 0.1) is 0 Å². The molecule has 1 aliphatic heterocycles.